The molecule has 0 saturated carbocycles. The number of hydrogen-bond acceptors (Lipinski definition) is 4. The van der Waals surface area contributed by atoms with E-state index in [0.29, 0.717) is 38.3 Å². The molecule has 19 heavy (non-hydrogen) atoms. The van der Waals surface area contributed by atoms with Gasteiger partial charge in [0.05, 0.1) is 12.3 Å². The molecule has 7 heteroatoms. The molecule has 1 saturated heterocycles. The lowest BCUT2D eigenvalue weighted by Gasteiger charge is -2.31. The lowest BCUT2D eigenvalue weighted by Crippen LogP contribution is -2.50. The van der Waals surface area contributed by atoms with E-state index in [0.717, 1.165) is 0 Å². The number of carbonyl (C=O) groups excluding carboxylic acids is 1. The van der Waals surface area contributed by atoms with Crippen LogP contribution in [0.3, 0.4) is 0 Å². The van der Waals surface area contributed by atoms with Crippen LogP contribution in [0.15, 0.2) is 0 Å². The first-order valence-corrected chi connectivity index (χ1v) is 8.56. The van der Waals surface area contributed by atoms with Crippen LogP contribution >= 0.6 is 0 Å². The van der Waals surface area contributed by atoms with E-state index < -0.39 is 16.1 Å². The second-order valence-electron chi connectivity index (χ2n) is 5.68. The molecule has 0 aromatic carbocycles. The third-order valence-electron chi connectivity index (χ3n) is 3.33. The van der Waals surface area contributed by atoms with Gasteiger partial charge in [-0.05, 0) is 25.2 Å². The molecule has 1 atom stereocenters. The normalized spacial score (nSPS) is 20.5. The molecular weight excluding hydrogens is 266 g/mol. The number of carbonyl (C=O) groups is 1. The van der Waals surface area contributed by atoms with E-state index in [-0.39, 0.29) is 11.9 Å². The van der Waals surface area contributed by atoms with Crippen molar-refractivity contribution in [1.82, 2.24) is 9.62 Å². The van der Waals surface area contributed by atoms with Crippen LogP contribution in [-0.4, -0.2) is 50.1 Å². The third kappa shape index (κ3) is 5.46. The summed E-state index contributed by atoms with van der Waals surface area (Å²) in [6, 6.07) is -0.448. The smallest absolute Gasteiger partial charge is 0.237 e. The summed E-state index contributed by atoms with van der Waals surface area (Å²) in [5, 5.41) is 2.91. The van der Waals surface area contributed by atoms with E-state index >= 15 is 0 Å². The first-order valence-electron chi connectivity index (χ1n) is 6.71. The molecule has 112 valence electrons. The van der Waals surface area contributed by atoms with Gasteiger partial charge >= 0.3 is 0 Å². The summed E-state index contributed by atoms with van der Waals surface area (Å²) in [7, 11) is -3.11. The van der Waals surface area contributed by atoms with Gasteiger partial charge in [0.1, 0.15) is 0 Å². The molecule has 0 aliphatic carbocycles. The monoisotopic (exact) mass is 291 g/mol. The van der Waals surface area contributed by atoms with Crippen molar-refractivity contribution in [3.05, 3.63) is 0 Å². The topological polar surface area (TPSA) is 92.5 Å². The first-order chi connectivity index (χ1) is 8.70. The van der Waals surface area contributed by atoms with Crippen molar-refractivity contribution in [2.75, 3.05) is 19.3 Å². The van der Waals surface area contributed by atoms with Gasteiger partial charge in [0.2, 0.25) is 15.9 Å². The number of hydrogen-bond donors (Lipinski definition) is 2. The Bertz CT molecular complexity index is 400. The largest absolute Gasteiger partial charge is 0.352 e. The minimum absolute atomic E-state index is 0.0312. The Kier molecular flexibility index (Phi) is 5.76. The fourth-order valence-corrected chi connectivity index (χ4v) is 3.13. The number of piperidine rings is 1. The average Bonchev–Trinajstić information content (AvgIpc) is 2.27. The standard InChI is InChI=1S/C12H25N3O3S/c1-9(2)8-11(13)12(16)14-10-4-6-15(7-5-10)19(3,17)18/h9-11H,4-8,13H2,1-3H3,(H,14,16)/t11-/m0/s1. The maximum Gasteiger partial charge on any atom is 0.237 e. The van der Waals surface area contributed by atoms with E-state index in [9.17, 15) is 13.2 Å². The SMILES string of the molecule is CC(C)C[C@H](N)C(=O)NC1CCN(S(C)(=O)=O)CC1. The van der Waals surface area contributed by atoms with Crippen LogP contribution < -0.4 is 11.1 Å². The zero-order valence-corrected chi connectivity index (χ0v) is 12.7. The van der Waals surface area contributed by atoms with Gasteiger partial charge in [-0.15, -0.1) is 0 Å². The highest BCUT2D eigenvalue weighted by Gasteiger charge is 2.26. The number of nitrogens with two attached hydrogens (primary N) is 1. The maximum atomic E-state index is 11.9. The van der Waals surface area contributed by atoms with Crippen molar-refractivity contribution in [3.63, 3.8) is 0 Å². The average molecular weight is 291 g/mol. The zero-order chi connectivity index (χ0) is 14.6. The van der Waals surface area contributed by atoms with Crippen LogP contribution in [0.2, 0.25) is 0 Å². The molecule has 1 fully saturated rings. The highest BCUT2D eigenvalue weighted by atomic mass is 32.2. The van der Waals surface area contributed by atoms with E-state index in [1.807, 2.05) is 13.8 Å². The fourth-order valence-electron chi connectivity index (χ4n) is 2.25. The molecule has 1 aliphatic heterocycles. The Morgan fingerprint density at radius 2 is 1.89 bits per heavy atom. The van der Waals surface area contributed by atoms with Crippen LogP contribution in [-0.2, 0) is 14.8 Å². The van der Waals surface area contributed by atoms with Crippen LogP contribution in [0.5, 0.6) is 0 Å². The van der Waals surface area contributed by atoms with Gasteiger partial charge in [-0.3, -0.25) is 4.79 Å². The Hall–Kier alpha value is -0.660. The summed E-state index contributed by atoms with van der Waals surface area (Å²) in [6.45, 7) is 4.97. The number of rotatable bonds is 5. The molecule has 0 spiro atoms. The van der Waals surface area contributed by atoms with Gasteiger partial charge in [0, 0.05) is 19.1 Å². The molecule has 0 aromatic rings. The molecule has 1 amide bonds. The molecular formula is C12H25N3O3S. The predicted octanol–water partition coefficient (Wildman–Crippen LogP) is -0.1000. The molecule has 1 heterocycles. The van der Waals surface area contributed by atoms with Crippen molar-refractivity contribution in [1.29, 1.82) is 0 Å². The maximum absolute atomic E-state index is 11.9. The van der Waals surface area contributed by atoms with Gasteiger partial charge in [-0.1, -0.05) is 13.8 Å². The number of sulfonamides is 1. The summed E-state index contributed by atoms with van der Waals surface area (Å²) in [6.07, 6.45) is 3.17. The Morgan fingerprint density at radius 3 is 2.32 bits per heavy atom. The van der Waals surface area contributed by atoms with Crippen molar-refractivity contribution in [3.8, 4) is 0 Å². The summed E-state index contributed by atoms with van der Waals surface area (Å²) in [5.41, 5.74) is 5.81. The molecule has 1 rings (SSSR count). The van der Waals surface area contributed by atoms with Crippen molar-refractivity contribution < 1.29 is 13.2 Å². The van der Waals surface area contributed by atoms with Gasteiger partial charge in [0.25, 0.3) is 0 Å². The highest BCUT2D eigenvalue weighted by Crippen LogP contribution is 2.13. The number of nitrogens with one attached hydrogen (secondary N) is 1. The van der Waals surface area contributed by atoms with Gasteiger partial charge in [0.15, 0.2) is 0 Å². The molecule has 0 unspecified atom stereocenters. The quantitative estimate of drug-likeness (QED) is 0.740. The van der Waals surface area contributed by atoms with Gasteiger partial charge in [-0.2, -0.15) is 0 Å². The van der Waals surface area contributed by atoms with E-state index in [2.05, 4.69) is 5.32 Å². The van der Waals surface area contributed by atoms with Crippen LogP contribution in [0.4, 0.5) is 0 Å². The lowest BCUT2D eigenvalue weighted by molar-refractivity contribution is -0.123. The van der Waals surface area contributed by atoms with Crippen molar-refractivity contribution in [2.45, 2.75) is 45.2 Å². The zero-order valence-electron chi connectivity index (χ0n) is 11.9. The van der Waals surface area contributed by atoms with Gasteiger partial charge in [-0.25, -0.2) is 12.7 Å². The fraction of sp³-hybridized carbons (Fsp3) is 0.917. The lowest BCUT2D eigenvalue weighted by atomic mass is 10.0. The van der Waals surface area contributed by atoms with Crippen LogP contribution in [0, 0.1) is 5.92 Å². The number of nitrogens with zero attached hydrogens (tertiary/aromatic N) is 1. The molecule has 0 bridgehead atoms. The molecule has 6 nitrogen and oxygen atoms in total. The van der Waals surface area contributed by atoms with Crippen molar-refractivity contribution >= 4 is 15.9 Å². The first kappa shape index (κ1) is 16.4. The van der Waals surface area contributed by atoms with Crippen molar-refractivity contribution in [2.24, 2.45) is 11.7 Å². The predicted molar refractivity (Wildman–Crippen MR) is 75.0 cm³/mol. The second-order valence-corrected chi connectivity index (χ2v) is 7.66. The van der Waals surface area contributed by atoms with Crippen LogP contribution in [0.1, 0.15) is 33.1 Å². The third-order valence-corrected chi connectivity index (χ3v) is 4.63. The number of amides is 1. The molecule has 1 aliphatic rings. The Balaban J connectivity index is 2.39. The van der Waals surface area contributed by atoms with E-state index in [4.69, 9.17) is 5.73 Å². The summed E-state index contributed by atoms with van der Waals surface area (Å²) in [5.74, 6) is 0.249. The second kappa shape index (κ2) is 6.67. The summed E-state index contributed by atoms with van der Waals surface area (Å²) in [4.78, 5) is 11.9. The summed E-state index contributed by atoms with van der Waals surface area (Å²) < 4.78 is 24.2. The minimum Gasteiger partial charge on any atom is -0.352 e. The molecule has 0 radical (unpaired) electrons. The summed E-state index contributed by atoms with van der Waals surface area (Å²) >= 11 is 0. The highest BCUT2D eigenvalue weighted by molar-refractivity contribution is 7.88. The molecule has 0 aromatic heterocycles. The van der Waals surface area contributed by atoms with Gasteiger partial charge < -0.3 is 11.1 Å². The van der Waals surface area contributed by atoms with E-state index in [1.54, 1.807) is 0 Å². The Labute approximate surface area is 115 Å². The minimum atomic E-state index is -3.11. The van der Waals surface area contributed by atoms with E-state index in [1.165, 1.54) is 10.6 Å². The van der Waals surface area contributed by atoms with Crippen LogP contribution in [0.25, 0.3) is 0 Å². The molecule has 3 N–H and O–H groups in total. The Morgan fingerprint density at radius 1 is 1.37 bits per heavy atom.